The molecule has 0 aliphatic carbocycles. The van der Waals surface area contributed by atoms with Gasteiger partial charge in [-0.2, -0.15) is 0 Å². The minimum atomic E-state index is -0.509. The summed E-state index contributed by atoms with van der Waals surface area (Å²) in [4.78, 5) is 4.61. The zero-order chi connectivity index (χ0) is 14.6. The molecule has 0 fully saturated rings. The Hall–Kier alpha value is -1.88. The number of hydrogen-bond acceptors (Lipinski definition) is 2. The molecule has 0 amide bonds. The van der Waals surface area contributed by atoms with Crippen LogP contribution in [0.2, 0.25) is 0 Å². The second-order valence-corrected chi connectivity index (χ2v) is 6.52. The first-order chi connectivity index (χ1) is 10.2. The van der Waals surface area contributed by atoms with Crippen LogP contribution >= 0.6 is 11.8 Å². The molecule has 2 atom stereocenters. The van der Waals surface area contributed by atoms with Gasteiger partial charge in [-0.1, -0.05) is 18.2 Å². The van der Waals surface area contributed by atoms with Crippen molar-refractivity contribution >= 4 is 22.8 Å². The zero-order valence-corrected chi connectivity index (χ0v) is 12.1. The van der Waals surface area contributed by atoms with Crippen LogP contribution in [0.1, 0.15) is 28.9 Å². The number of fused-ring (bicyclic) bond motifs is 3. The molecule has 0 saturated carbocycles. The predicted octanol–water partition coefficient (Wildman–Crippen LogP) is 4.67. The lowest BCUT2D eigenvalue weighted by Crippen LogP contribution is -2.08. The molecule has 0 spiro atoms. The van der Waals surface area contributed by atoms with Gasteiger partial charge in [-0.3, -0.25) is 0 Å². The summed E-state index contributed by atoms with van der Waals surface area (Å²) in [5, 5.41) is -0.315. The first kappa shape index (κ1) is 12.8. The summed E-state index contributed by atoms with van der Waals surface area (Å²) in [5.74, 6) is -0.149. The average molecular weight is 302 g/mol. The van der Waals surface area contributed by atoms with Gasteiger partial charge in [0.25, 0.3) is 0 Å². The Morgan fingerprint density at radius 2 is 1.76 bits per heavy atom. The van der Waals surface area contributed by atoms with E-state index >= 15 is 0 Å². The Labute approximate surface area is 124 Å². The van der Waals surface area contributed by atoms with E-state index in [-0.39, 0.29) is 10.8 Å². The molecular formula is C16H12F2N2S. The number of para-hydroxylation sites is 2. The van der Waals surface area contributed by atoms with E-state index in [4.69, 9.17) is 0 Å². The molecule has 106 valence electrons. The van der Waals surface area contributed by atoms with Gasteiger partial charge in [0.2, 0.25) is 0 Å². The molecular weight excluding hydrogens is 290 g/mol. The second-order valence-electron chi connectivity index (χ2n) is 5.09. The van der Waals surface area contributed by atoms with Crippen LogP contribution in [-0.4, -0.2) is 9.55 Å². The summed E-state index contributed by atoms with van der Waals surface area (Å²) in [6, 6.07) is 11.7. The predicted molar refractivity (Wildman–Crippen MR) is 80.2 cm³/mol. The summed E-state index contributed by atoms with van der Waals surface area (Å²) in [6.07, 6.45) is 0. The Kier molecular flexibility index (Phi) is 2.79. The van der Waals surface area contributed by atoms with Crippen molar-refractivity contribution in [2.75, 3.05) is 0 Å². The number of hydrogen-bond donors (Lipinski definition) is 0. The topological polar surface area (TPSA) is 17.8 Å². The molecule has 2 aromatic carbocycles. The fraction of sp³-hybridized carbons (Fsp3) is 0.188. The van der Waals surface area contributed by atoms with Crippen LogP contribution in [-0.2, 0) is 0 Å². The van der Waals surface area contributed by atoms with Crippen molar-refractivity contribution in [2.24, 2.45) is 0 Å². The molecule has 4 rings (SSSR count). The van der Waals surface area contributed by atoms with Gasteiger partial charge in [0.05, 0.1) is 21.8 Å². The van der Waals surface area contributed by atoms with Crippen LogP contribution in [0.3, 0.4) is 0 Å². The standard InChI is InChI=1S/C16H12F2N2S/c1-9-15-19-12-7-2-3-8-13(12)20(15)16(21-9)14-10(17)5-4-6-11(14)18/h2-9,16H,1H3. The molecule has 0 N–H and O–H groups in total. The molecule has 0 saturated heterocycles. The molecule has 1 aliphatic heterocycles. The van der Waals surface area contributed by atoms with E-state index in [1.54, 1.807) is 0 Å². The summed E-state index contributed by atoms with van der Waals surface area (Å²) in [6.45, 7) is 2.02. The fourth-order valence-electron chi connectivity index (χ4n) is 2.86. The van der Waals surface area contributed by atoms with Crippen molar-refractivity contribution in [3.05, 3.63) is 65.5 Å². The number of nitrogens with zero attached hydrogens (tertiary/aromatic N) is 2. The summed E-state index contributed by atoms with van der Waals surface area (Å²) < 4.78 is 30.2. The Bertz CT molecular complexity index is 823. The van der Waals surface area contributed by atoms with Gasteiger partial charge < -0.3 is 4.57 Å². The lowest BCUT2D eigenvalue weighted by atomic mass is 10.2. The number of halogens is 2. The van der Waals surface area contributed by atoms with Gasteiger partial charge in [-0.15, -0.1) is 11.8 Å². The van der Waals surface area contributed by atoms with Crippen LogP contribution in [0, 0.1) is 11.6 Å². The molecule has 2 unspecified atom stereocenters. The van der Waals surface area contributed by atoms with Crippen molar-refractivity contribution in [3.8, 4) is 0 Å². The van der Waals surface area contributed by atoms with Gasteiger partial charge in [0.15, 0.2) is 0 Å². The SMILES string of the molecule is CC1SC(c2c(F)cccc2F)n2c1nc1ccccc12. The van der Waals surface area contributed by atoms with Crippen LogP contribution < -0.4 is 0 Å². The van der Waals surface area contributed by atoms with Crippen LogP contribution in [0.5, 0.6) is 0 Å². The molecule has 3 aromatic rings. The molecule has 2 nitrogen and oxygen atoms in total. The number of thioether (sulfide) groups is 1. The lowest BCUT2D eigenvalue weighted by molar-refractivity contribution is 0.544. The number of benzene rings is 2. The average Bonchev–Trinajstić information content (AvgIpc) is 2.98. The largest absolute Gasteiger partial charge is 0.310 e. The first-order valence-electron chi connectivity index (χ1n) is 6.73. The minimum Gasteiger partial charge on any atom is -0.310 e. The highest BCUT2D eigenvalue weighted by Crippen LogP contribution is 2.51. The monoisotopic (exact) mass is 302 g/mol. The maximum Gasteiger partial charge on any atom is 0.132 e. The normalized spacial score (nSPS) is 20.9. The third-order valence-corrected chi connectivity index (χ3v) is 5.12. The van der Waals surface area contributed by atoms with Crippen LogP contribution in [0.15, 0.2) is 42.5 Å². The number of rotatable bonds is 1. The minimum absolute atomic E-state index is 0.0985. The van der Waals surface area contributed by atoms with E-state index < -0.39 is 17.0 Å². The van der Waals surface area contributed by atoms with Gasteiger partial charge in [0.1, 0.15) is 22.8 Å². The van der Waals surface area contributed by atoms with E-state index in [0.29, 0.717) is 0 Å². The Balaban J connectivity index is 1.99. The van der Waals surface area contributed by atoms with Crippen LogP contribution in [0.25, 0.3) is 11.0 Å². The van der Waals surface area contributed by atoms with Crippen molar-refractivity contribution in [1.29, 1.82) is 0 Å². The van der Waals surface area contributed by atoms with Gasteiger partial charge in [-0.25, -0.2) is 13.8 Å². The smallest absolute Gasteiger partial charge is 0.132 e. The van der Waals surface area contributed by atoms with E-state index in [1.807, 2.05) is 35.8 Å². The van der Waals surface area contributed by atoms with Crippen molar-refractivity contribution in [3.63, 3.8) is 0 Å². The van der Waals surface area contributed by atoms with Crippen molar-refractivity contribution in [1.82, 2.24) is 9.55 Å². The third kappa shape index (κ3) is 1.80. The molecule has 5 heteroatoms. The van der Waals surface area contributed by atoms with Gasteiger partial charge in [-0.05, 0) is 31.2 Å². The molecule has 0 radical (unpaired) electrons. The molecule has 1 aliphatic rings. The summed E-state index contributed by atoms with van der Waals surface area (Å²) in [5.41, 5.74) is 1.88. The maximum atomic E-state index is 14.1. The van der Waals surface area contributed by atoms with E-state index in [0.717, 1.165) is 16.9 Å². The van der Waals surface area contributed by atoms with Crippen LogP contribution in [0.4, 0.5) is 8.78 Å². The summed E-state index contributed by atoms with van der Waals surface area (Å²) >= 11 is 1.52. The molecule has 1 aromatic heterocycles. The van der Waals surface area contributed by atoms with Gasteiger partial charge in [0, 0.05) is 0 Å². The molecule has 2 heterocycles. The second kappa shape index (κ2) is 4.56. The zero-order valence-electron chi connectivity index (χ0n) is 11.3. The maximum absolute atomic E-state index is 14.1. The van der Waals surface area contributed by atoms with E-state index in [9.17, 15) is 8.78 Å². The molecule has 0 bridgehead atoms. The highest BCUT2D eigenvalue weighted by Gasteiger charge is 2.35. The van der Waals surface area contributed by atoms with Crippen molar-refractivity contribution < 1.29 is 8.78 Å². The van der Waals surface area contributed by atoms with Crippen molar-refractivity contribution in [2.45, 2.75) is 17.5 Å². The lowest BCUT2D eigenvalue weighted by Gasteiger charge is -2.15. The van der Waals surface area contributed by atoms with E-state index in [2.05, 4.69) is 4.98 Å². The highest BCUT2D eigenvalue weighted by atomic mass is 32.2. The molecule has 21 heavy (non-hydrogen) atoms. The first-order valence-corrected chi connectivity index (χ1v) is 7.67. The highest BCUT2D eigenvalue weighted by molar-refractivity contribution is 8.00. The quantitative estimate of drug-likeness (QED) is 0.650. The fourth-order valence-corrected chi connectivity index (χ4v) is 4.23. The van der Waals surface area contributed by atoms with Gasteiger partial charge >= 0.3 is 0 Å². The Morgan fingerprint density at radius 1 is 1.05 bits per heavy atom. The third-order valence-electron chi connectivity index (χ3n) is 3.80. The number of aromatic nitrogens is 2. The Morgan fingerprint density at radius 3 is 2.52 bits per heavy atom. The van der Waals surface area contributed by atoms with E-state index in [1.165, 1.54) is 30.0 Å². The summed E-state index contributed by atoms with van der Waals surface area (Å²) in [7, 11) is 0. The number of imidazole rings is 1.